The SMILES string of the molecule is CSc1ccc(NC(=O)N2CCN(c3ccc(C(=O)O)c(C(F)(F)F)n3)CC2)cc1. The molecule has 2 aromatic rings. The molecule has 1 saturated heterocycles. The number of anilines is 2. The van der Waals surface area contributed by atoms with Crippen LogP contribution in [0.4, 0.5) is 29.5 Å². The number of carboxylic acids is 1. The number of aromatic nitrogens is 1. The summed E-state index contributed by atoms with van der Waals surface area (Å²) in [5.74, 6) is -1.66. The molecule has 1 aliphatic rings. The Balaban J connectivity index is 1.64. The molecule has 0 aliphatic carbocycles. The normalized spacial score (nSPS) is 14.5. The monoisotopic (exact) mass is 440 g/mol. The summed E-state index contributed by atoms with van der Waals surface area (Å²) in [5.41, 5.74) is -1.67. The van der Waals surface area contributed by atoms with E-state index in [9.17, 15) is 22.8 Å². The highest BCUT2D eigenvalue weighted by Crippen LogP contribution is 2.32. The van der Waals surface area contributed by atoms with E-state index in [-0.39, 0.29) is 24.9 Å². The van der Waals surface area contributed by atoms with Gasteiger partial charge in [0, 0.05) is 36.8 Å². The maximum Gasteiger partial charge on any atom is 0.434 e. The number of pyridine rings is 1. The number of carbonyl (C=O) groups excluding carboxylic acids is 1. The highest BCUT2D eigenvalue weighted by atomic mass is 32.2. The molecule has 0 atom stereocenters. The fourth-order valence-corrected chi connectivity index (χ4v) is 3.44. The van der Waals surface area contributed by atoms with Crippen molar-refractivity contribution in [3.8, 4) is 0 Å². The number of carbonyl (C=O) groups is 2. The molecule has 0 unspecified atom stereocenters. The fourth-order valence-electron chi connectivity index (χ4n) is 3.03. The summed E-state index contributed by atoms with van der Waals surface area (Å²) < 4.78 is 39.5. The van der Waals surface area contributed by atoms with E-state index in [2.05, 4.69) is 10.3 Å². The lowest BCUT2D eigenvalue weighted by atomic mass is 10.1. The van der Waals surface area contributed by atoms with Crippen LogP contribution in [0.1, 0.15) is 16.1 Å². The van der Waals surface area contributed by atoms with E-state index in [1.807, 2.05) is 18.4 Å². The number of alkyl halides is 3. The molecule has 0 radical (unpaired) electrons. The Morgan fingerprint density at radius 1 is 1.07 bits per heavy atom. The second kappa shape index (κ2) is 8.82. The molecule has 0 saturated carbocycles. The van der Waals surface area contributed by atoms with Gasteiger partial charge in [0.15, 0.2) is 5.69 Å². The van der Waals surface area contributed by atoms with Gasteiger partial charge in [0.2, 0.25) is 0 Å². The number of piperazine rings is 1. The number of halogens is 3. The van der Waals surface area contributed by atoms with Crippen molar-refractivity contribution in [1.29, 1.82) is 0 Å². The number of hydrogen-bond acceptors (Lipinski definition) is 5. The first-order valence-electron chi connectivity index (χ1n) is 8.95. The van der Waals surface area contributed by atoms with Crippen molar-refractivity contribution in [2.75, 3.05) is 42.7 Å². The molecule has 2 heterocycles. The van der Waals surface area contributed by atoms with E-state index in [1.165, 1.54) is 6.07 Å². The van der Waals surface area contributed by atoms with Crippen molar-refractivity contribution >= 4 is 35.3 Å². The third-order valence-electron chi connectivity index (χ3n) is 4.61. The minimum atomic E-state index is -4.88. The Morgan fingerprint density at radius 2 is 1.70 bits per heavy atom. The Morgan fingerprint density at radius 3 is 2.23 bits per heavy atom. The number of aromatic carboxylic acids is 1. The van der Waals surface area contributed by atoms with Crippen LogP contribution in [0.15, 0.2) is 41.3 Å². The summed E-state index contributed by atoms with van der Waals surface area (Å²) in [6.45, 7) is 1.13. The number of amides is 2. The highest BCUT2D eigenvalue weighted by molar-refractivity contribution is 7.98. The Bertz CT molecular complexity index is 930. The number of rotatable bonds is 4. The maximum atomic E-state index is 13.2. The summed E-state index contributed by atoms with van der Waals surface area (Å²) >= 11 is 1.59. The van der Waals surface area contributed by atoms with Crippen LogP contribution in [0.2, 0.25) is 0 Å². The van der Waals surface area contributed by atoms with E-state index in [1.54, 1.807) is 33.7 Å². The van der Waals surface area contributed by atoms with Crippen molar-refractivity contribution < 1.29 is 27.9 Å². The zero-order chi connectivity index (χ0) is 21.9. The summed E-state index contributed by atoms with van der Waals surface area (Å²) in [7, 11) is 0. The Labute approximate surface area is 174 Å². The average Bonchev–Trinajstić information content (AvgIpc) is 2.73. The lowest BCUT2D eigenvalue weighted by Crippen LogP contribution is -2.50. The molecule has 7 nitrogen and oxygen atoms in total. The molecule has 11 heteroatoms. The topological polar surface area (TPSA) is 85.8 Å². The summed E-state index contributed by atoms with van der Waals surface area (Å²) in [6, 6.07) is 9.24. The van der Waals surface area contributed by atoms with Gasteiger partial charge in [0.25, 0.3) is 0 Å². The van der Waals surface area contributed by atoms with Gasteiger partial charge in [-0.25, -0.2) is 14.6 Å². The molecule has 1 aliphatic heterocycles. The predicted octanol–water partition coefficient (Wildman–Crippen LogP) is 3.87. The van der Waals surface area contributed by atoms with Crippen LogP contribution < -0.4 is 10.2 Å². The first kappa shape index (κ1) is 21.8. The van der Waals surface area contributed by atoms with Crippen LogP contribution >= 0.6 is 11.8 Å². The Kier molecular flexibility index (Phi) is 6.40. The molecule has 160 valence electrons. The van der Waals surface area contributed by atoms with Crippen molar-refractivity contribution in [1.82, 2.24) is 9.88 Å². The van der Waals surface area contributed by atoms with Gasteiger partial charge >= 0.3 is 18.2 Å². The Hall–Kier alpha value is -2.95. The zero-order valence-electron chi connectivity index (χ0n) is 15.9. The van der Waals surface area contributed by atoms with Crippen LogP contribution in [-0.4, -0.2) is 59.4 Å². The number of thioether (sulfide) groups is 1. The van der Waals surface area contributed by atoms with Crippen LogP contribution in [0.25, 0.3) is 0 Å². The second-order valence-electron chi connectivity index (χ2n) is 6.50. The molecule has 1 aromatic heterocycles. The van der Waals surface area contributed by atoms with E-state index < -0.39 is 23.4 Å². The van der Waals surface area contributed by atoms with Gasteiger partial charge in [-0.1, -0.05) is 0 Å². The molecule has 0 bridgehead atoms. The quantitative estimate of drug-likeness (QED) is 0.702. The average molecular weight is 440 g/mol. The van der Waals surface area contributed by atoms with Gasteiger partial charge < -0.3 is 20.2 Å². The lowest BCUT2D eigenvalue weighted by Gasteiger charge is -2.35. The first-order valence-corrected chi connectivity index (χ1v) is 10.2. The third kappa shape index (κ3) is 4.96. The van der Waals surface area contributed by atoms with E-state index in [0.717, 1.165) is 11.0 Å². The summed E-state index contributed by atoms with van der Waals surface area (Å²) in [5, 5.41) is 11.8. The highest BCUT2D eigenvalue weighted by Gasteiger charge is 2.38. The second-order valence-corrected chi connectivity index (χ2v) is 7.38. The van der Waals surface area contributed by atoms with E-state index in [0.29, 0.717) is 18.8 Å². The maximum absolute atomic E-state index is 13.2. The standard InChI is InChI=1S/C19H19F3N4O3S/c1-30-13-4-2-12(3-5-13)23-18(29)26-10-8-25(9-11-26)15-7-6-14(17(27)28)16(24-15)19(20,21)22/h2-7H,8-11H2,1H3,(H,23,29)(H,27,28). The fraction of sp³-hybridized carbons (Fsp3) is 0.316. The largest absolute Gasteiger partial charge is 0.478 e. The molecule has 30 heavy (non-hydrogen) atoms. The van der Waals surface area contributed by atoms with E-state index >= 15 is 0 Å². The van der Waals surface area contributed by atoms with E-state index in [4.69, 9.17) is 5.11 Å². The van der Waals surface area contributed by atoms with Gasteiger partial charge in [-0.05, 0) is 42.7 Å². The number of nitrogens with one attached hydrogen (secondary N) is 1. The van der Waals surface area contributed by atoms with Gasteiger partial charge in [0.05, 0.1) is 5.56 Å². The van der Waals surface area contributed by atoms with Gasteiger partial charge in [0.1, 0.15) is 5.82 Å². The molecule has 2 amide bonds. The molecule has 2 N–H and O–H groups in total. The smallest absolute Gasteiger partial charge is 0.434 e. The van der Waals surface area contributed by atoms with Crippen molar-refractivity contribution in [2.45, 2.75) is 11.1 Å². The molecular formula is C19H19F3N4O3S. The zero-order valence-corrected chi connectivity index (χ0v) is 16.8. The lowest BCUT2D eigenvalue weighted by molar-refractivity contribution is -0.141. The first-order chi connectivity index (χ1) is 14.2. The van der Waals surface area contributed by atoms with Gasteiger partial charge in [-0.15, -0.1) is 11.8 Å². The van der Waals surface area contributed by atoms with Crippen LogP contribution in [0.5, 0.6) is 0 Å². The minimum Gasteiger partial charge on any atom is -0.478 e. The molecule has 0 spiro atoms. The van der Waals surface area contributed by atoms with Gasteiger partial charge in [-0.3, -0.25) is 0 Å². The number of carboxylic acid groups (broad SMARTS) is 1. The minimum absolute atomic E-state index is 0.0278. The van der Waals surface area contributed by atoms with Crippen molar-refractivity contribution in [3.63, 3.8) is 0 Å². The van der Waals surface area contributed by atoms with Crippen molar-refractivity contribution in [3.05, 3.63) is 47.7 Å². The van der Waals surface area contributed by atoms with Crippen LogP contribution in [0.3, 0.4) is 0 Å². The van der Waals surface area contributed by atoms with Gasteiger partial charge in [-0.2, -0.15) is 13.2 Å². The summed E-state index contributed by atoms with van der Waals surface area (Å²) in [4.78, 5) is 31.3. The number of urea groups is 1. The molecule has 3 rings (SSSR count). The van der Waals surface area contributed by atoms with Crippen LogP contribution in [0, 0.1) is 0 Å². The number of hydrogen-bond donors (Lipinski definition) is 2. The van der Waals surface area contributed by atoms with Crippen molar-refractivity contribution in [2.24, 2.45) is 0 Å². The predicted molar refractivity (Wildman–Crippen MR) is 107 cm³/mol. The van der Waals surface area contributed by atoms with Crippen LogP contribution in [-0.2, 0) is 6.18 Å². The number of nitrogens with zero attached hydrogens (tertiary/aromatic N) is 3. The number of benzene rings is 1. The third-order valence-corrected chi connectivity index (χ3v) is 5.36. The molecule has 1 fully saturated rings. The molecular weight excluding hydrogens is 421 g/mol. The summed E-state index contributed by atoms with van der Waals surface area (Å²) in [6.07, 6.45) is -2.92. The molecule has 1 aromatic carbocycles.